The van der Waals surface area contributed by atoms with Gasteiger partial charge in [-0.15, -0.1) is 0 Å². The minimum Gasteiger partial charge on any atom is -0.345 e. The number of rotatable bonds is 3. The lowest BCUT2D eigenvalue weighted by atomic mass is 10.1. The smallest absolute Gasteiger partial charge is 0.209 e. The molecule has 1 aromatic rings. The molecular formula is C8H15N3O2S. The molecule has 1 heterocycles. The minimum absolute atomic E-state index is 0.612. The van der Waals surface area contributed by atoms with Crippen LogP contribution >= 0.6 is 0 Å². The van der Waals surface area contributed by atoms with Crippen molar-refractivity contribution in [3.63, 3.8) is 0 Å². The monoisotopic (exact) mass is 217 g/mol. The summed E-state index contributed by atoms with van der Waals surface area (Å²) in [5.74, 6) is 0.612. The van der Waals surface area contributed by atoms with E-state index < -0.39 is 15.6 Å². The summed E-state index contributed by atoms with van der Waals surface area (Å²) in [6.07, 6.45) is 2.80. The Labute approximate surface area is 84.0 Å². The molecule has 5 nitrogen and oxygen atoms in total. The zero-order valence-electron chi connectivity index (χ0n) is 8.75. The topological polar surface area (TPSA) is 74.8 Å². The largest absolute Gasteiger partial charge is 0.345 e. The summed E-state index contributed by atoms with van der Waals surface area (Å²) in [6.45, 7) is 5.38. The van der Waals surface area contributed by atoms with Crippen LogP contribution in [0.3, 0.4) is 0 Å². The number of imidazole rings is 1. The van der Waals surface area contributed by atoms with E-state index in [-0.39, 0.29) is 0 Å². The molecule has 0 aliphatic heterocycles. The van der Waals surface area contributed by atoms with Crippen LogP contribution in [0.2, 0.25) is 0 Å². The van der Waals surface area contributed by atoms with Crippen LogP contribution in [-0.2, 0) is 15.6 Å². The summed E-state index contributed by atoms with van der Waals surface area (Å²) in [7, 11) is -3.23. The van der Waals surface area contributed by atoms with Crippen molar-refractivity contribution >= 4 is 10.0 Å². The van der Waals surface area contributed by atoms with Crippen molar-refractivity contribution in [2.45, 2.75) is 26.3 Å². The first-order valence-electron chi connectivity index (χ1n) is 4.22. The summed E-state index contributed by atoms with van der Waals surface area (Å²) in [5.41, 5.74) is 0.199. The van der Waals surface area contributed by atoms with Crippen LogP contribution in [0, 0.1) is 6.92 Å². The first-order valence-corrected chi connectivity index (χ1v) is 6.11. The molecule has 14 heavy (non-hydrogen) atoms. The molecule has 0 bridgehead atoms. The minimum atomic E-state index is -3.23. The average molecular weight is 217 g/mol. The second-order valence-electron chi connectivity index (χ2n) is 3.91. The van der Waals surface area contributed by atoms with E-state index in [2.05, 4.69) is 14.7 Å². The third-order valence-corrected chi connectivity index (χ3v) is 2.62. The molecule has 0 aliphatic carbocycles. The second-order valence-corrected chi connectivity index (χ2v) is 5.66. The van der Waals surface area contributed by atoms with E-state index in [4.69, 9.17) is 0 Å². The second kappa shape index (κ2) is 3.36. The molecule has 80 valence electrons. The maximum absolute atomic E-state index is 11.1. The standard InChI is InChI=1S/C8H15N3O2S/c1-6-5-9-7(10-6)8(2,3)11-14(4,12)13/h5,11H,1-4H3,(H,9,10). The Hall–Kier alpha value is -0.880. The van der Waals surface area contributed by atoms with Crippen LogP contribution in [0.5, 0.6) is 0 Å². The van der Waals surface area contributed by atoms with Crippen molar-refractivity contribution in [3.8, 4) is 0 Å². The fourth-order valence-corrected chi connectivity index (χ4v) is 2.27. The number of nitrogens with zero attached hydrogens (tertiary/aromatic N) is 1. The maximum Gasteiger partial charge on any atom is 0.209 e. The molecule has 0 fully saturated rings. The van der Waals surface area contributed by atoms with E-state index in [1.54, 1.807) is 20.0 Å². The molecule has 1 rings (SSSR count). The van der Waals surface area contributed by atoms with Gasteiger partial charge in [-0.25, -0.2) is 18.1 Å². The van der Waals surface area contributed by atoms with Crippen LogP contribution in [0.15, 0.2) is 6.20 Å². The molecule has 6 heteroatoms. The highest BCUT2D eigenvalue weighted by Gasteiger charge is 2.26. The summed E-state index contributed by atoms with van der Waals surface area (Å²) in [4.78, 5) is 7.09. The summed E-state index contributed by atoms with van der Waals surface area (Å²) in [5, 5.41) is 0. The van der Waals surface area contributed by atoms with Gasteiger partial charge in [-0.2, -0.15) is 0 Å². The van der Waals surface area contributed by atoms with E-state index >= 15 is 0 Å². The fourth-order valence-electron chi connectivity index (χ4n) is 1.24. The van der Waals surface area contributed by atoms with E-state index in [9.17, 15) is 8.42 Å². The molecule has 0 atom stereocenters. The number of aromatic nitrogens is 2. The molecule has 0 radical (unpaired) electrons. The molecule has 0 saturated heterocycles. The third kappa shape index (κ3) is 2.81. The molecular weight excluding hydrogens is 202 g/mol. The molecule has 0 aromatic carbocycles. The lowest BCUT2D eigenvalue weighted by molar-refractivity contribution is 0.452. The van der Waals surface area contributed by atoms with Crippen molar-refractivity contribution in [1.82, 2.24) is 14.7 Å². The first kappa shape index (κ1) is 11.2. The molecule has 0 amide bonds. The number of nitrogens with one attached hydrogen (secondary N) is 2. The molecule has 1 aromatic heterocycles. The van der Waals surface area contributed by atoms with Crippen molar-refractivity contribution < 1.29 is 8.42 Å². The zero-order valence-corrected chi connectivity index (χ0v) is 9.57. The van der Waals surface area contributed by atoms with E-state index in [0.717, 1.165) is 11.9 Å². The molecule has 0 aliphatic rings. The quantitative estimate of drug-likeness (QED) is 0.774. The predicted octanol–water partition coefficient (Wildman–Crippen LogP) is 0.502. The predicted molar refractivity (Wildman–Crippen MR) is 54.3 cm³/mol. The number of aromatic amines is 1. The van der Waals surface area contributed by atoms with Gasteiger partial charge in [-0.05, 0) is 20.8 Å². The van der Waals surface area contributed by atoms with Crippen LogP contribution in [0.1, 0.15) is 25.4 Å². The van der Waals surface area contributed by atoms with Gasteiger partial charge in [-0.1, -0.05) is 0 Å². The Bertz CT molecular complexity index is 420. The zero-order chi connectivity index (χ0) is 11.0. The van der Waals surface area contributed by atoms with Crippen molar-refractivity contribution in [2.24, 2.45) is 0 Å². The maximum atomic E-state index is 11.1. The van der Waals surface area contributed by atoms with Crippen molar-refractivity contribution in [2.75, 3.05) is 6.26 Å². The SMILES string of the molecule is Cc1cnc(C(C)(C)NS(C)(=O)=O)[nH]1. The lowest BCUT2D eigenvalue weighted by Gasteiger charge is -2.22. The van der Waals surface area contributed by atoms with Gasteiger partial charge in [0.1, 0.15) is 5.82 Å². The van der Waals surface area contributed by atoms with Gasteiger partial charge in [0, 0.05) is 11.9 Å². The average Bonchev–Trinajstić information content (AvgIpc) is 2.29. The van der Waals surface area contributed by atoms with Crippen LogP contribution in [0.25, 0.3) is 0 Å². The highest BCUT2D eigenvalue weighted by molar-refractivity contribution is 7.88. The van der Waals surface area contributed by atoms with Gasteiger partial charge in [0.25, 0.3) is 0 Å². The Morgan fingerprint density at radius 3 is 2.43 bits per heavy atom. The molecule has 2 N–H and O–H groups in total. The van der Waals surface area contributed by atoms with Crippen LogP contribution in [0.4, 0.5) is 0 Å². The first-order chi connectivity index (χ1) is 6.21. The van der Waals surface area contributed by atoms with Crippen LogP contribution < -0.4 is 4.72 Å². The lowest BCUT2D eigenvalue weighted by Crippen LogP contribution is -2.41. The Morgan fingerprint density at radius 1 is 1.50 bits per heavy atom. The summed E-state index contributed by atoms with van der Waals surface area (Å²) < 4.78 is 24.7. The Morgan fingerprint density at radius 2 is 2.07 bits per heavy atom. The van der Waals surface area contributed by atoms with Gasteiger partial charge >= 0.3 is 0 Å². The van der Waals surface area contributed by atoms with Gasteiger partial charge in [0.2, 0.25) is 10.0 Å². The number of hydrogen-bond acceptors (Lipinski definition) is 3. The van der Waals surface area contributed by atoms with Crippen molar-refractivity contribution in [3.05, 3.63) is 17.7 Å². The van der Waals surface area contributed by atoms with E-state index in [1.165, 1.54) is 0 Å². The number of aryl methyl sites for hydroxylation is 1. The Balaban J connectivity index is 2.96. The van der Waals surface area contributed by atoms with Gasteiger partial charge in [0.05, 0.1) is 11.8 Å². The van der Waals surface area contributed by atoms with Gasteiger partial charge in [-0.3, -0.25) is 0 Å². The normalized spacial score (nSPS) is 13.1. The third-order valence-electron chi connectivity index (χ3n) is 1.74. The number of H-pyrrole nitrogens is 1. The molecule has 0 spiro atoms. The number of hydrogen-bond donors (Lipinski definition) is 2. The van der Waals surface area contributed by atoms with E-state index in [1.807, 2.05) is 6.92 Å². The van der Waals surface area contributed by atoms with E-state index in [0.29, 0.717) is 5.82 Å². The molecule has 0 saturated carbocycles. The highest BCUT2D eigenvalue weighted by Crippen LogP contribution is 2.16. The van der Waals surface area contributed by atoms with Gasteiger partial charge in [0.15, 0.2) is 0 Å². The highest BCUT2D eigenvalue weighted by atomic mass is 32.2. The van der Waals surface area contributed by atoms with Crippen LogP contribution in [-0.4, -0.2) is 24.6 Å². The van der Waals surface area contributed by atoms with Crippen molar-refractivity contribution in [1.29, 1.82) is 0 Å². The molecule has 0 unspecified atom stereocenters. The summed E-state index contributed by atoms with van der Waals surface area (Å²) in [6, 6.07) is 0. The fraction of sp³-hybridized carbons (Fsp3) is 0.625. The number of sulfonamides is 1. The van der Waals surface area contributed by atoms with Gasteiger partial charge < -0.3 is 4.98 Å². The summed E-state index contributed by atoms with van der Waals surface area (Å²) >= 11 is 0. The Kier molecular flexibility index (Phi) is 2.69.